The van der Waals surface area contributed by atoms with Gasteiger partial charge in [-0.3, -0.25) is 14.6 Å². The number of fused-ring (bicyclic) bond motifs is 1. The third-order valence-electron chi connectivity index (χ3n) is 5.83. The van der Waals surface area contributed by atoms with Crippen molar-refractivity contribution < 1.29 is 22.4 Å². The normalized spacial score (nSPS) is 14.5. The van der Waals surface area contributed by atoms with Crippen molar-refractivity contribution in [3.63, 3.8) is 0 Å². The second-order valence-electron chi connectivity index (χ2n) is 8.17. The van der Waals surface area contributed by atoms with Crippen molar-refractivity contribution in [2.75, 3.05) is 19.6 Å². The highest BCUT2D eigenvalue weighted by molar-refractivity contribution is 7.89. The van der Waals surface area contributed by atoms with Crippen LogP contribution in [-0.4, -0.2) is 58.9 Å². The number of sulfonamides is 1. The number of carbonyl (C=O) groups is 2. The second-order valence-corrected chi connectivity index (χ2v) is 10.1. The van der Waals surface area contributed by atoms with Gasteiger partial charge in [0, 0.05) is 31.2 Å². The minimum atomic E-state index is -3.79. The van der Waals surface area contributed by atoms with E-state index in [1.54, 1.807) is 41.3 Å². The van der Waals surface area contributed by atoms with E-state index in [2.05, 4.69) is 20.7 Å². The molecular formula is C24H21FN6O4S. The summed E-state index contributed by atoms with van der Waals surface area (Å²) in [5.41, 5.74) is 2.24. The highest BCUT2D eigenvalue weighted by atomic mass is 32.2. The van der Waals surface area contributed by atoms with Crippen LogP contribution in [0.25, 0.3) is 16.6 Å². The van der Waals surface area contributed by atoms with Crippen molar-refractivity contribution in [3.8, 4) is 5.69 Å². The number of hydrogen-bond acceptors (Lipinski definition) is 6. The van der Waals surface area contributed by atoms with E-state index in [9.17, 15) is 22.4 Å². The lowest BCUT2D eigenvalue weighted by Crippen LogP contribution is -2.49. The van der Waals surface area contributed by atoms with Crippen molar-refractivity contribution in [2.24, 2.45) is 0 Å². The Morgan fingerprint density at radius 1 is 1.06 bits per heavy atom. The fraction of sp³-hybridized carbons (Fsp3) is 0.167. The number of piperazine rings is 1. The largest absolute Gasteiger partial charge is 0.354 e. The summed E-state index contributed by atoms with van der Waals surface area (Å²) in [6.07, 6.45) is 4.57. The van der Waals surface area contributed by atoms with Gasteiger partial charge < -0.3 is 10.6 Å². The van der Waals surface area contributed by atoms with Crippen LogP contribution in [0.15, 0.2) is 72.0 Å². The fourth-order valence-electron chi connectivity index (χ4n) is 3.94. The van der Waals surface area contributed by atoms with Gasteiger partial charge >= 0.3 is 0 Å². The van der Waals surface area contributed by atoms with Gasteiger partial charge in [-0.05, 0) is 42.0 Å². The number of carbonyl (C=O) groups excluding carboxylic acids is 2. The number of benzene rings is 2. The number of amides is 2. The first-order valence-corrected chi connectivity index (χ1v) is 12.5. The van der Waals surface area contributed by atoms with Gasteiger partial charge in [-0.2, -0.15) is 9.40 Å². The SMILES string of the molecule is O=C1CN(S(=O)(=O)c2ccc(CNC(=O)c3cncc4c3cnn4-c3ccc(F)cc3)cc2)CCN1. The zero-order chi connectivity index (χ0) is 25.3. The van der Waals surface area contributed by atoms with Crippen LogP contribution in [0.3, 0.4) is 0 Å². The van der Waals surface area contributed by atoms with Crippen LogP contribution in [-0.2, 0) is 21.4 Å². The molecule has 3 heterocycles. The van der Waals surface area contributed by atoms with Gasteiger partial charge in [0.2, 0.25) is 15.9 Å². The molecule has 1 aliphatic heterocycles. The van der Waals surface area contributed by atoms with Gasteiger partial charge in [0.05, 0.1) is 40.6 Å². The first kappa shape index (κ1) is 23.6. The van der Waals surface area contributed by atoms with Crippen LogP contribution in [0.4, 0.5) is 4.39 Å². The smallest absolute Gasteiger partial charge is 0.253 e. The van der Waals surface area contributed by atoms with E-state index in [0.29, 0.717) is 27.7 Å². The van der Waals surface area contributed by atoms with Gasteiger partial charge in [-0.15, -0.1) is 0 Å². The summed E-state index contributed by atoms with van der Waals surface area (Å²) in [4.78, 5) is 28.7. The number of pyridine rings is 1. The Morgan fingerprint density at radius 3 is 2.53 bits per heavy atom. The minimum Gasteiger partial charge on any atom is -0.354 e. The van der Waals surface area contributed by atoms with Crippen molar-refractivity contribution >= 4 is 32.7 Å². The maximum absolute atomic E-state index is 13.3. The summed E-state index contributed by atoms with van der Waals surface area (Å²) in [7, 11) is -3.79. The van der Waals surface area contributed by atoms with Crippen LogP contribution >= 0.6 is 0 Å². The Hall–Kier alpha value is -4.16. The van der Waals surface area contributed by atoms with Crippen LogP contribution < -0.4 is 10.6 Å². The Balaban J connectivity index is 1.29. The topological polar surface area (TPSA) is 126 Å². The molecule has 1 fully saturated rings. The third kappa shape index (κ3) is 4.55. The number of nitrogens with one attached hydrogen (secondary N) is 2. The lowest BCUT2D eigenvalue weighted by molar-refractivity contribution is -0.122. The molecule has 10 nitrogen and oxygen atoms in total. The molecule has 2 N–H and O–H groups in total. The van der Waals surface area contributed by atoms with Crippen LogP contribution in [0, 0.1) is 5.82 Å². The van der Waals surface area contributed by atoms with E-state index >= 15 is 0 Å². The van der Waals surface area contributed by atoms with Gasteiger partial charge in [0.25, 0.3) is 5.91 Å². The summed E-state index contributed by atoms with van der Waals surface area (Å²) in [5.74, 6) is -1.07. The number of nitrogens with zero attached hydrogens (tertiary/aromatic N) is 4. The molecule has 36 heavy (non-hydrogen) atoms. The van der Waals surface area contributed by atoms with Crippen molar-refractivity contribution in [3.05, 3.63) is 84.1 Å². The molecule has 0 spiro atoms. The van der Waals surface area contributed by atoms with E-state index in [4.69, 9.17) is 0 Å². The van der Waals surface area contributed by atoms with Gasteiger partial charge in [0.15, 0.2) is 0 Å². The van der Waals surface area contributed by atoms with Crippen molar-refractivity contribution in [1.82, 2.24) is 29.7 Å². The molecule has 12 heteroatoms. The molecule has 0 radical (unpaired) electrons. The monoisotopic (exact) mass is 508 g/mol. The van der Waals surface area contributed by atoms with E-state index in [1.807, 2.05) is 0 Å². The summed E-state index contributed by atoms with van der Waals surface area (Å²) in [6.45, 7) is 0.432. The summed E-state index contributed by atoms with van der Waals surface area (Å²) < 4.78 is 41.6. The number of halogens is 1. The predicted octanol–water partition coefficient (Wildman–Crippen LogP) is 1.61. The molecule has 1 saturated heterocycles. The zero-order valence-corrected chi connectivity index (χ0v) is 19.7. The highest BCUT2D eigenvalue weighted by Crippen LogP contribution is 2.21. The number of aromatic nitrogens is 3. The standard InChI is InChI=1S/C24H21FN6O4S/c25-17-3-5-18(6-4-17)31-22-14-26-12-21(20(22)13-29-31)24(33)28-11-16-1-7-19(8-2-16)36(34,35)30-10-9-27-23(32)15-30/h1-8,12-14H,9-11,15H2,(H,27,32)(H,28,33). The minimum absolute atomic E-state index is 0.0782. The van der Waals surface area contributed by atoms with Gasteiger partial charge in [-0.25, -0.2) is 17.5 Å². The van der Waals surface area contributed by atoms with Crippen LogP contribution in [0.1, 0.15) is 15.9 Å². The molecule has 5 rings (SSSR count). The highest BCUT2D eigenvalue weighted by Gasteiger charge is 2.29. The fourth-order valence-corrected chi connectivity index (χ4v) is 5.33. The van der Waals surface area contributed by atoms with Gasteiger partial charge in [-0.1, -0.05) is 12.1 Å². The summed E-state index contributed by atoms with van der Waals surface area (Å²) in [6, 6.07) is 12.0. The molecule has 0 bridgehead atoms. The van der Waals surface area contributed by atoms with Crippen LogP contribution in [0.2, 0.25) is 0 Å². The molecule has 2 amide bonds. The molecule has 0 aliphatic carbocycles. The lowest BCUT2D eigenvalue weighted by atomic mass is 10.1. The number of hydrogen-bond donors (Lipinski definition) is 2. The molecule has 184 valence electrons. The Morgan fingerprint density at radius 2 is 1.81 bits per heavy atom. The maximum atomic E-state index is 13.3. The molecule has 0 unspecified atom stereocenters. The zero-order valence-electron chi connectivity index (χ0n) is 18.9. The first-order chi connectivity index (χ1) is 17.3. The van der Waals surface area contributed by atoms with Crippen molar-refractivity contribution in [2.45, 2.75) is 11.4 Å². The Labute approximate surface area is 205 Å². The Bertz CT molecular complexity index is 1550. The molecule has 0 saturated carbocycles. The Kier molecular flexibility index (Phi) is 6.20. The van der Waals surface area contributed by atoms with Crippen molar-refractivity contribution in [1.29, 1.82) is 0 Å². The molecule has 0 atom stereocenters. The van der Waals surface area contributed by atoms with Crippen LogP contribution in [0.5, 0.6) is 0 Å². The summed E-state index contributed by atoms with van der Waals surface area (Å²) in [5, 5.41) is 10.3. The number of rotatable bonds is 6. The maximum Gasteiger partial charge on any atom is 0.253 e. The molecule has 1 aliphatic rings. The molecular weight excluding hydrogens is 487 g/mol. The third-order valence-corrected chi connectivity index (χ3v) is 7.69. The first-order valence-electron chi connectivity index (χ1n) is 11.0. The molecule has 4 aromatic rings. The van der Waals surface area contributed by atoms with E-state index in [0.717, 1.165) is 4.31 Å². The predicted molar refractivity (Wildman–Crippen MR) is 128 cm³/mol. The average molecular weight is 509 g/mol. The lowest BCUT2D eigenvalue weighted by Gasteiger charge is -2.25. The second kappa shape index (κ2) is 9.47. The average Bonchev–Trinajstić information content (AvgIpc) is 3.32. The molecule has 2 aromatic carbocycles. The van der Waals surface area contributed by atoms with Gasteiger partial charge in [0.1, 0.15) is 5.82 Å². The molecule has 2 aromatic heterocycles. The van der Waals surface area contributed by atoms with E-state index in [-0.39, 0.29) is 48.7 Å². The van der Waals surface area contributed by atoms with E-state index < -0.39 is 10.0 Å². The summed E-state index contributed by atoms with van der Waals surface area (Å²) >= 11 is 0. The quantitative estimate of drug-likeness (QED) is 0.408. The van der Waals surface area contributed by atoms with E-state index in [1.165, 1.54) is 30.5 Å².